The van der Waals surface area contributed by atoms with Gasteiger partial charge in [0, 0.05) is 18.8 Å². The largest absolute Gasteiger partial charge is 0.493 e. The molecule has 1 fully saturated rings. The summed E-state index contributed by atoms with van der Waals surface area (Å²) in [5.74, 6) is 0.376. The molecule has 2 aromatic carbocycles. The van der Waals surface area contributed by atoms with E-state index in [9.17, 15) is 9.59 Å². The summed E-state index contributed by atoms with van der Waals surface area (Å²) in [6.07, 6.45) is 0. The molecule has 0 radical (unpaired) electrons. The Bertz CT molecular complexity index is 728. The van der Waals surface area contributed by atoms with Crippen molar-refractivity contribution in [3.63, 3.8) is 0 Å². The molecule has 1 aliphatic heterocycles. The highest BCUT2D eigenvalue weighted by atomic mass is 16.6. The van der Waals surface area contributed by atoms with Gasteiger partial charge < -0.3 is 14.8 Å². The van der Waals surface area contributed by atoms with Gasteiger partial charge >= 0.3 is 12.0 Å². The fourth-order valence-electron chi connectivity index (χ4n) is 2.36. The average molecular weight is 312 g/mol. The molecule has 6 nitrogen and oxygen atoms in total. The zero-order valence-electron chi connectivity index (χ0n) is 12.6. The van der Waals surface area contributed by atoms with Crippen molar-refractivity contribution in [1.29, 1.82) is 0 Å². The van der Waals surface area contributed by atoms with Crippen LogP contribution in [-0.2, 0) is 0 Å². The molecule has 0 aliphatic carbocycles. The number of hydrogen-bond acceptors (Lipinski definition) is 4. The number of methoxy groups -OCH3 is 1. The number of benzene rings is 2. The summed E-state index contributed by atoms with van der Waals surface area (Å²) < 4.78 is 10.5. The van der Waals surface area contributed by atoms with Gasteiger partial charge in [0.2, 0.25) is 0 Å². The van der Waals surface area contributed by atoms with Crippen LogP contribution in [-0.4, -0.2) is 32.2 Å². The summed E-state index contributed by atoms with van der Waals surface area (Å²) >= 11 is 0. The summed E-state index contributed by atoms with van der Waals surface area (Å²) in [4.78, 5) is 25.4. The van der Waals surface area contributed by atoms with Gasteiger partial charge in [-0.1, -0.05) is 12.1 Å². The van der Waals surface area contributed by atoms with E-state index in [0.717, 1.165) is 5.69 Å². The van der Waals surface area contributed by atoms with Crippen LogP contribution in [0.4, 0.5) is 10.5 Å². The van der Waals surface area contributed by atoms with Crippen molar-refractivity contribution in [2.24, 2.45) is 0 Å². The van der Waals surface area contributed by atoms with E-state index in [1.807, 2.05) is 0 Å². The van der Waals surface area contributed by atoms with Crippen molar-refractivity contribution in [3.05, 3.63) is 54.1 Å². The van der Waals surface area contributed by atoms with Gasteiger partial charge in [0.1, 0.15) is 0 Å². The third-order valence-corrected chi connectivity index (χ3v) is 3.54. The van der Waals surface area contributed by atoms with Crippen molar-refractivity contribution in [1.82, 2.24) is 5.32 Å². The summed E-state index contributed by atoms with van der Waals surface area (Å²) in [7, 11) is 1.52. The van der Waals surface area contributed by atoms with Crippen molar-refractivity contribution >= 4 is 17.7 Å². The Balaban J connectivity index is 1.74. The highest BCUT2D eigenvalue weighted by Gasteiger charge is 2.21. The summed E-state index contributed by atoms with van der Waals surface area (Å²) in [6.45, 7) is 1.24. The van der Waals surface area contributed by atoms with Crippen LogP contribution < -0.4 is 19.7 Å². The molecule has 0 bridgehead atoms. The Morgan fingerprint density at radius 2 is 1.78 bits per heavy atom. The molecule has 0 unspecified atom stereocenters. The van der Waals surface area contributed by atoms with Gasteiger partial charge in [-0.3, -0.25) is 4.90 Å². The Morgan fingerprint density at radius 3 is 2.39 bits per heavy atom. The number of nitrogens with one attached hydrogen (secondary N) is 1. The lowest BCUT2D eigenvalue weighted by molar-refractivity contribution is 0.0729. The fraction of sp³-hybridized carbons (Fsp3) is 0.176. The molecule has 2 amide bonds. The lowest BCUT2D eigenvalue weighted by atomic mass is 10.2. The molecule has 1 N–H and O–H groups in total. The van der Waals surface area contributed by atoms with E-state index in [1.54, 1.807) is 53.4 Å². The Hall–Kier alpha value is -3.02. The van der Waals surface area contributed by atoms with Crippen LogP contribution in [0.15, 0.2) is 48.5 Å². The second-order valence-electron chi connectivity index (χ2n) is 4.97. The minimum Gasteiger partial charge on any atom is -0.493 e. The number of hydrogen-bond donors (Lipinski definition) is 1. The lowest BCUT2D eigenvalue weighted by Crippen LogP contribution is -2.27. The van der Waals surface area contributed by atoms with Crippen molar-refractivity contribution in [2.45, 2.75) is 0 Å². The van der Waals surface area contributed by atoms with Gasteiger partial charge in [0.15, 0.2) is 11.5 Å². The standard InChI is InChI=1S/C17H16N2O4/c1-22-14-4-2-3-5-15(14)23-16(20)12-6-8-13(9-7-12)19-11-10-18-17(19)21/h2-9H,10-11H2,1H3,(H,18,21). The van der Waals surface area contributed by atoms with Crippen molar-refractivity contribution in [3.8, 4) is 11.5 Å². The smallest absolute Gasteiger partial charge is 0.343 e. The molecule has 0 saturated carbocycles. The molecule has 1 saturated heterocycles. The molecule has 0 atom stereocenters. The van der Waals surface area contributed by atoms with Gasteiger partial charge in [-0.2, -0.15) is 0 Å². The van der Waals surface area contributed by atoms with E-state index >= 15 is 0 Å². The SMILES string of the molecule is COc1ccccc1OC(=O)c1ccc(N2CCNC2=O)cc1. The summed E-state index contributed by atoms with van der Waals surface area (Å²) in [6, 6.07) is 13.5. The molecular weight excluding hydrogens is 296 g/mol. The first-order valence-corrected chi connectivity index (χ1v) is 7.19. The minimum absolute atomic E-state index is 0.130. The number of esters is 1. The van der Waals surface area contributed by atoms with Crippen LogP contribution in [0.1, 0.15) is 10.4 Å². The van der Waals surface area contributed by atoms with Crippen LogP contribution >= 0.6 is 0 Å². The second kappa shape index (κ2) is 6.39. The zero-order chi connectivity index (χ0) is 16.2. The molecule has 1 heterocycles. The van der Waals surface area contributed by atoms with E-state index in [2.05, 4.69) is 5.32 Å². The van der Waals surface area contributed by atoms with Crippen molar-refractivity contribution < 1.29 is 19.1 Å². The van der Waals surface area contributed by atoms with Crippen molar-refractivity contribution in [2.75, 3.05) is 25.1 Å². The van der Waals surface area contributed by atoms with Gasteiger partial charge in [0.05, 0.1) is 12.7 Å². The molecule has 0 aromatic heterocycles. The van der Waals surface area contributed by atoms with E-state index in [4.69, 9.17) is 9.47 Å². The van der Waals surface area contributed by atoms with Crippen LogP contribution in [0, 0.1) is 0 Å². The van der Waals surface area contributed by atoms with Crippen LogP contribution in [0.25, 0.3) is 0 Å². The third-order valence-electron chi connectivity index (χ3n) is 3.54. The second-order valence-corrected chi connectivity index (χ2v) is 4.97. The number of rotatable bonds is 4. The Kier molecular flexibility index (Phi) is 4.14. The van der Waals surface area contributed by atoms with Gasteiger partial charge in [-0.25, -0.2) is 9.59 Å². The molecule has 6 heteroatoms. The monoisotopic (exact) mass is 312 g/mol. The number of urea groups is 1. The first kappa shape index (κ1) is 14.9. The number of para-hydroxylation sites is 2. The zero-order valence-corrected chi connectivity index (χ0v) is 12.6. The first-order valence-electron chi connectivity index (χ1n) is 7.19. The fourth-order valence-corrected chi connectivity index (χ4v) is 2.36. The number of amides is 2. The lowest BCUT2D eigenvalue weighted by Gasteiger charge is -2.14. The van der Waals surface area contributed by atoms with E-state index < -0.39 is 5.97 Å². The molecular formula is C17H16N2O4. The van der Waals surface area contributed by atoms with Crippen LogP contribution in [0.2, 0.25) is 0 Å². The highest BCUT2D eigenvalue weighted by Crippen LogP contribution is 2.27. The van der Waals surface area contributed by atoms with Crippen LogP contribution in [0.5, 0.6) is 11.5 Å². The maximum absolute atomic E-state index is 12.2. The molecule has 23 heavy (non-hydrogen) atoms. The van der Waals surface area contributed by atoms with Gasteiger partial charge in [0.25, 0.3) is 0 Å². The maximum atomic E-state index is 12.2. The molecule has 3 rings (SSSR count). The predicted molar refractivity (Wildman–Crippen MR) is 85.1 cm³/mol. The number of ether oxygens (including phenoxy) is 2. The quantitative estimate of drug-likeness (QED) is 0.695. The Morgan fingerprint density at radius 1 is 1.09 bits per heavy atom. The number of nitrogens with zero attached hydrogens (tertiary/aromatic N) is 1. The average Bonchev–Trinajstić information content (AvgIpc) is 3.01. The van der Waals surface area contributed by atoms with E-state index in [-0.39, 0.29) is 6.03 Å². The number of anilines is 1. The molecule has 1 aliphatic rings. The van der Waals surface area contributed by atoms with Gasteiger partial charge in [-0.05, 0) is 36.4 Å². The van der Waals surface area contributed by atoms with E-state index in [1.165, 1.54) is 7.11 Å². The number of carbonyl (C=O) groups is 2. The molecule has 118 valence electrons. The predicted octanol–water partition coefficient (Wildman–Crippen LogP) is 2.44. The first-order chi connectivity index (χ1) is 11.2. The normalized spacial score (nSPS) is 13.6. The minimum atomic E-state index is -0.480. The highest BCUT2D eigenvalue weighted by molar-refractivity contribution is 5.95. The number of carbonyl (C=O) groups excluding carboxylic acids is 2. The van der Waals surface area contributed by atoms with Gasteiger partial charge in [-0.15, -0.1) is 0 Å². The summed E-state index contributed by atoms with van der Waals surface area (Å²) in [5.41, 5.74) is 1.15. The topological polar surface area (TPSA) is 67.9 Å². The Labute approximate surface area is 133 Å². The third kappa shape index (κ3) is 3.11. The molecule has 0 spiro atoms. The molecule has 2 aromatic rings. The van der Waals surface area contributed by atoms with E-state index in [0.29, 0.717) is 30.2 Å². The maximum Gasteiger partial charge on any atom is 0.343 e. The summed E-state index contributed by atoms with van der Waals surface area (Å²) in [5, 5.41) is 2.73. The van der Waals surface area contributed by atoms with Crippen LogP contribution in [0.3, 0.4) is 0 Å².